The number of nitrogens with zero attached hydrogens (tertiary/aromatic N) is 1. The van der Waals surface area contributed by atoms with Gasteiger partial charge in [-0.3, -0.25) is 4.98 Å². The van der Waals surface area contributed by atoms with Crippen LogP contribution in [0.2, 0.25) is 5.02 Å². The third-order valence-corrected chi connectivity index (χ3v) is 2.87. The van der Waals surface area contributed by atoms with Gasteiger partial charge in [-0.15, -0.1) is 0 Å². The van der Waals surface area contributed by atoms with Crippen LogP contribution in [0, 0.1) is 6.92 Å². The fourth-order valence-electron chi connectivity index (χ4n) is 1.55. The van der Waals surface area contributed by atoms with Gasteiger partial charge in [0, 0.05) is 11.6 Å². The van der Waals surface area contributed by atoms with Gasteiger partial charge in [-0.25, -0.2) is 0 Å². The Labute approximate surface area is 90.5 Å². The van der Waals surface area contributed by atoms with E-state index in [1.807, 2.05) is 19.1 Å². The number of nitrogens with two attached hydrogens (primary N) is 1. The largest absolute Gasteiger partial charge is 0.330 e. The fourth-order valence-corrected chi connectivity index (χ4v) is 1.66. The van der Waals surface area contributed by atoms with Gasteiger partial charge in [0.2, 0.25) is 0 Å². The summed E-state index contributed by atoms with van der Waals surface area (Å²) in [6.45, 7) is 4.80. The van der Waals surface area contributed by atoms with E-state index in [2.05, 4.69) is 11.9 Å². The molecule has 3 heteroatoms. The second-order valence-corrected chi connectivity index (χ2v) is 3.89. The highest BCUT2D eigenvalue weighted by Gasteiger charge is 2.10. The molecule has 1 aromatic rings. The summed E-state index contributed by atoms with van der Waals surface area (Å²) in [5, 5.41) is 0.733. The number of aromatic nitrogens is 1. The maximum Gasteiger partial charge on any atom is 0.0618 e. The SMILES string of the molecule is CCC(CCN)c1ccc(Cl)c(C)n1. The van der Waals surface area contributed by atoms with Gasteiger partial charge in [-0.2, -0.15) is 0 Å². The van der Waals surface area contributed by atoms with E-state index >= 15 is 0 Å². The average molecular weight is 213 g/mol. The minimum Gasteiger partial charge on any atom is -0.330 e. The quantitative estimate of drug-likeness (QED) is 0.834. The summed E-state index contributed by atoms with van der Waals surface area (Å²) in [6, 6.07) is 3.91. The standard InChI is InChI=1S/C11H17ClN2/c1-3-9(6-7-13)11-5-4-10(12)8(2)14-11/h4-5,9H,3,6-7,13H2,1-2H3. The first-order valence-corrected chi connectivity index (χ1v) is 5.40. The molecule has 0 amide bonds. The van der Waals surface area contributed by atoms with E-state index in [9.17, 15) is 0 Å². The molecule has 0 fully saturated rings. The maximum absolute atomic E-state index is 5.92. The van der Waals surface area contributed by atoms with Crippen LogP contribution in [0.1, 0.15) is 37.1 Å². The molecule has 1 atom stereocenters. The highest BCUT2D eigenvalue weighted by Crippen LogP contribution is 2.23. The lowest BCUT2D eigenvalue weighted by atomic mass is 9.98. The number of pyridine rings is 1. The van der Waals surface area contributed by atoms with Gasteiger partial charge in [0.25, 0.3) is 0 Å². The molecule has 0 radical (unpaired) electrons. The highest BCUT2D eigenvalue weighted by molar-refractivity contribution is 6.31. The maximum atomic E-state index is 5.92. The van der Waals surface area contributed by atoms with Gasteiger partial charge < -0.3 is 5.73 Å². The Balaban J connectivity index is 2.88. The Morgan fingerprint density at radius 2 is 2.21 bits per heavy atom. The molecule has 1 rings (SSSR count). The van der Waals surface area contributed by atoms with Crippen molar-refractivity contribution >= 4 is 11.6 Å². The van der Waals surface area contributed by atoms with Crippen LogP contribution in [0.4, 0.5) is 0 Å². The minimum absolute atomic E-state index is 0.468. The van der Waals surface area contributed by atoms with Crippen LogP contribution < -0.4 is 5.73 Å². The summed E-state index contributed by atoms with van der Waals surface area (Å²) >= 11 is 5.92. The Morgan fingerprint density at radius 3 is 2.71 bits per heavy atom. The van der Waals surface area contributed by atoms with Crippen LogP contribution in [0.5, 0.6) is 0 Å². The molecule has 0 aliphatic rings. The van der Waals surface area contributed by atoms with Crippen LogP contribution >= 0.6 is 11.6 Å². The predicted octanol–water partition coefficient (Wildman–Crippen LogP) is 2.89. The number of rotatable bonds is 4. The number of hydrogen-bond donors (Lipinski definition) is 1. The van der Waals surface area contributed by atoms with Crippen LogP contribution in [0.25, 0.3) is 0 Å². The summed E-state index contributed by atoms with van der Waals surface area (Å²) in [4.78, 5) is 4.47. The van der Waals surface area contributed by atoms with Crippen LogP contribution in [0.3, 0.4) is 0 Å². The molecule has 14 heavy (non-hydrogen) atoms. The lowest BCUT2D eigenvalue weighted by Gasteiger charge is -2.13. The highest BCUT2D eigenvalue weighted by atomic mass is 35.5. The predicted molar refractivity (Wildman–Crippen MR) is 60.7 cm³/mol. The zero-order valence-corrected chi connectivity index (χ0v) is 9.51. The van der Waals surface area contributed by atoms with Crippen LogP contribution in [-0.4, -0.2) is 11.5 Å². The van der Waals surface area contributed by atoms with Crippen molar-refractivity contribution in [1.82, 2.24) is 4.98 Å². The Morgan fingerprint density at radius 1 is 1.50 bits per heavy atom. The van der Waals surface area contributed by atoms with Crippen LogP contribution in [-0.2, 0) is 0 Å². The van der Waals surface area contributed by atoms with E-state index in [1.54, 1.807) is 0 Å². The molecule has 0 saturated heterocycles. The smallest absolute Gasteiger partial charge is 0.0618 e. The Hall–Kier alpha value is -0.600. The summed E-state index contributed by atoms with van der Waals surface area (Å²) in [5.41, 5.74) is 7.57. The van der Waals surface area contributed by atoms with E-state index < -0.39 is 0 Å². The van der Waals surface area contributed by atoms with E-state index in [1.165, 1.54) is 0 Å². The van der Waals surface area contributed by atoms with Crippen molar-refractivity contribution in [1.29, 1.82) is 0 Å². The summed E-state index contributed by atoms with van der Waals surface area (Å²) in [5.74, 6) is 0.468. The van der Waals surface area contributed by atoms with Crippen LogP contribution in [0.15, 0.2) is 12.1 Å². The number of aryl methyl sites for hydroxylation is 1. The van der Waals surface area contributed by atoms with Crippen molar-refractivity contribution in [3.8, 4) is 0 Å². The molecule has 0 aliphatic carbocycles. The molecule has 2 nitrogen and oxygen atoms in total. The summed E-state index contributed by atoms with van der Waals surface area (Å²) in [7, 11) is 0. The van der Waals surface area contributed by atoms with Gasteiger partial charge in [0.15, 0.2) is 0 Å². The molecule has 0 aromatic carbocycles. The zero-order chi connectivity index (χ0) is 10.6. The molecular formula is C11H17ClN2. The first-order chi connectivity index (χ1) is 6.69. The minimum atomic E-state index is 0.468. The summed E-state index contributed by atoms with van der Waals surface area (Å²) < 4.78 is 0. The first-order valence-electron chi connectivity index (χ1n) is 5.02. The van der Waals surface area contributed by atoms with Gasteiger partial charge in [0.05, 0.1) is 10.7 Å². The fraction of sp³-hybridized carbons (Fsp3) is 0.545. The van der Waals surface area contributed by atoms with E-state index in [4.69, 9.17) is 17.3 Å². The lowest BCUT2D eigenvalue weighted by molar-refractivity contribution is 0.597. The second kappa shape index (κ2) is 5.32. The molecule has 0 bridgehead atoms. The lowest BCUT2D eigenvalue weighted by Crippen LogP contribution is -2.08. The van der Waals surface area contributed by atoms with Gasteiger partial charge in [-0.05, 0) is 38.4 Å². The third kappa shape index (κ3) is 2.69. The molecule has 1 heterocycles. The topological polar surface area (TPSA) is 38.9 Å². The molecule has 0 aliphatic heterocycles. The van der Waals surface area contributed by atoms with E-state index in [-0.39, 0.29) is 0 Å². The van der Waals surface area contributed by atoms with Crippen molar-refractivity contribution in [3.63, 3.8) is 0 Å². The number of hydrogen-bond acceptors (Lipinski definition) is 2. The van der Waals surface area contributed by atoms with Gasteiger partial charge >= 0.3 is 0 Å². The normalized spacial score (nSPS) is 12.9. The molecule has 1 aromatic heterocycles. The van der Waals surface area contributed by atoms with Crippen molar-refractivity contribution in [2.24, 2.45) is 5.73 Å². The van der Waals surface area contributed by atoms with Gasteiger partial charge in [-0.1, -0.05) is 18.5 Å². The monoisotopic (exact) mass is 212 g/mol. The third-order valence-electron chi connectivity index (χ3n) is 2.47. The molecule has 1 unspecified atom stereocenters. The molecular weight excluding hydrogens is 196 g/mol. The van der Waals surface area contributed by atoms with Crippen molar-refractivity contribution < 1.29 is 0 Å². The Kier molecular flexibility index (Phi) is 4.36. The molecule has 0 spiro atoms. The van der Waals surface area contributed by atoms with E-state index in [0.717, 1.165) is 29.3 Å². The average Bonchev–Trinajstić information content (AvgIpc) is 2.19. The number of halogens is 1. The second-order valence-electron chi connectivity index (χ2n) is 3.49. The zero-order valence-electron chi connectivity index (χ0n) is 8.76. The van der Waals surface area contributed by atoms with E-state index in [0.29, 0.717) is 12.5 Å². The van der Waals surface area contributed by atoms with Crippen molar-refractivity contribution in [2.75, 3.05) is 6.54 Å². The Bertz CT molecular complexity index is 299. The van der Waals surface area contributed by atoms with Gasteiger partial charge in [0.1, 0.15) is 0 Å². The molecule has 2 N–H and O–H groups in total. The molecule has 78 valence electrons. The summed E-state index contributed by atoms with van der Waals surface area (Å²) in [6.07, 6.45) is 2.07. The van der Waals surface area contributed by atoms with Crippen molar-refractivity contribution in [3.05, 3.63) is 28.5 Å². The molecule has 0 saturated carbocycles. The first kappa shape index (κ1) is 11.5. The van der Waals surface area contributed by atoms with Crippen molar-refractivity contribution in [2.45, 2.75) is 32.6 Å².